The third-order valence-electron chi connectivity index (χ3n) is 1.36. The molecule has 0 rings (SSSR count). The second-order valence-electron chi connectivity index (χ2n) is 4.20. The minimum absolute atomic E-state index is 0.547. The highest BCUT2D eigenvalue weighted by atomic mass is 16.6. The Balaban J connectivity index is 4.14. The maximum Gasteiger partial charge on any atom is 0.414 e. The lowest BCUT2D eigenvalue weighted by molar-refractivity contribution is -0.139. The normalized spacial score (nSPS) is 12.8. The van der Waals surface area contributed by atoms with Crippen LogP contribution in [0, 0.1) is 0 Å². The van der Waals surface area contributed by atoms with Gasteiger partial charge in [0.25, 0.3) is 0 Å². The van der Waals surface area contributed by atoms with E-state index >= 15 is 0 Å². The third kappa shape index (κ3) is 6.77. The van der Waals surface area contributed by atoms with Crippen LogP contribution in [-0.4, -0.2) is 34.7 Å². The second-order valence-corrected chi connectivity index (χ2v) is 4.20. The largest absolute Gasteiger partial charge is 0.481 e. The molecule has 0 radical (unpaired) electrons. The van der Waals surface area contributed by atoms with E-state index in [1.807, 2.05) is 5.32 Å². The van der Waals surface area contributed by atoms with Gasteiger partial charge in [0.15, 0.2) is 0 Å². The van der Waals surface area contributed by atoms with E-state index in [9.17, 15) is 14.4 Å². The SMILES string of the molecule is CC(C)(C)OC(=O)NC(=O)[C@@H](N)CC(=O)O. The van der Waals surface area contributed by atoms with Crippen molar-refractivity contribution in [2.75, 3.05) is 0 Å². The molecular formula is C9H16N2O5. The Hall–Kier alpha value is -1.63. The number of nitrogens with one attached hydrogen (secondary N) is 1. The van der Waals surface area contributed by atoms with Crippen LogP contribution in [0.4, 0.5) is 4.79 Å². The van der Waals surface area contributed by atoms with Crippen LogP contribution in [0.25, 0.3) is 0 Å². The van der Waals surface area contributed by atoms with E-state index < -0.39 is 36.0 Å². The van der Waals surface area contributed by atoms with Crippen molar-refractivity contribution in [3.8, 4) is 0 Å². The molecule has 16 heavy (non-hydrogen) atoms. The monoisotopic (exact) mass is 232 g/mol. The van der Waals surface area contributed by atoms with Crippen molar-refractivity contribution < 1.29 is 24.2 Å². The third-order valence-corrected chi connectivity index (χ3v) is 1.36. The number of amides is 2. The minimum Gasteiger partial charge on any atom is -0.481 e. The summed E-state index contributed by atoms with van der Waals surface area (Å²) < 4.78 is 4.79. The van der Waals surface area contributed by atoms with Gasteiger partial charge < -0.3 is 15.6 Å². The van der Waals surface area contributed by atoms with Gasteiger partial charge in [-0.15, -0.1) is 0 Å². The Kier molecular flexibility index (Phi) is 4.90. The van der Waals surface area contributed by atoms with E-state index in [-0.39, 0.29) is 0 Å². The zero-order valence-corrected chi connectivity index (χ0v) is 9.44. The number of hydrogen-bond acceptors (Lipinski definition) is 5. The summed E-state index contributed by atoms with van der Waals surface area (Å²) in [6, 6.07) is -1.27. The van der Waals surface area contributed by atoms with Gasteiger partial charge in [0.1, 0.15) is 5.60 Å². The van der Waals surface area contributed by atoms with Crippen LogP contribution in [0.5, 0.6) is 0 Å². The van der Waals surface area contributed by atoms with Gasteiger partial charge in [-0.2, -0.15) is 0 Å². The Labute approximate surface area is 92.9 Å². The molecule has 1 atom stereocenters. The molecule has 7 nitrogen and oxygen atoms in total. The van der Waals surface area contributed by atoms with Gasteiger partial charge in [0.2, 0.25) is 5.91 Å². The van der Waals surface area contributed by atoms with Crippen molar-refractivity contribution in [2.24, 2.45) is 5.73 Å². The lowest BCUT2D eigenvalue weighted by atomic mass is 10.2. The van der Waals surface area contributed by atoms with E-state index in [0.29, 0.717) is 0 Å². The second kappa shape index (κ2) is 5.45. The molecule has 0 aliphatic rings. The first-order valence-corrected chi connectivity index (χ1v) is 4.63. The van der Waals surface area contributed by atoms with Crippen molar-refractivity contribution in [1.82, 2.24) is 5.32 Å². The van der Waals surface area contributed by atoms with E-state index in [1.54, 1.807) is 20.8 Å². The lowest BCUT2D eigenvalue weighted by Gasteiger charge is -2.19. The lowest BCUT2D eigenvalue weighted by Crippen LogP contribution is -2.46. The molecule has 0 aromatic rings. The molecule has 0 aliphatic carbocycles. The first kappa shape index (κ1) is 14.4. The topological polar surface area (TPSA) is 119 Å². The summed E-state index contributed by atoms with van der Waals surface area (Å²) in [5.74, 6) is -2.09. The number of nitrogens with two attached hydrogens (primary N) is 1. The minimum atomic E-state index is -1.27. The Morgan fingerprint density at radius 3 is 2.25 bits per heavy atom. The Morgan fingerprint density at radius 1 is 1.38 bits per heavy atom. The van der Waals surface area contributed by atoms with Crippen molar-refractivity contribution >= 4 is 18.0 Å². The van der Waals surface area contributed by atoms with E-state index in [1.165, 1.54) is 0 Å². The maximum absolute atomic E-state index is 11.2. The number of carboxylic acid groups (broad SMARTS) is 1. The number of imide groups is 1. The molecule has 0 spiro atoms. The van der Waals surface area contributed by atoms with Crippen LogP contribution in [-0.2, 0) is 14.3 Å². The molecule has 0 unspecified atom stereocenters. The van der Waals surface area contributed by atoms with Crippen LogP contribution in [0.1, 0.15) is 27.2 Å². The van der Waals surface area contributed by atoms with Gasteiger partial charge in [-0.3, -0.25) is 14.9 Å². The first-order valence-electron chi connectivity index (χ1n) is 4.63. The molecule has 0 heterocycles. The molecular weight excluding hydrogens is 216 g/mol. The van der Waals surface area contributed by atoms with Crippen molar-refractivity contribution in [3.63, 3.8) is 0 Å². The molecule has 0 bridgehead atoms. The van der Waals surface area contributed by atoms with Gasteiger partial charge in [0, 0.05) is 0 Å². The Bertz CT molecular complexity index is 295. The summed E-state index contributed by atoms with van der Waals surface area (Å²) in [4.78, 5) is 32.5. The molecule has 0 saturated heterocycles. The molecule has 4 N–H and O–H groups in total. The van der Waals surface area contributed by atoms with Crippen LogP contribution >= 0.6 is 0 Å². The van der Waals surface area contributed by atoms with Crippen LogP contribution in [0.3, 0.4) is 0 Å². The summed E-state index contributed by atoms with van der Waals surface area (Å²) >= 11 is 0. The summed E-state index contributed by atoms with van der Waals surface area (Å²) in [5.41, 5.74) is 4.49. The number of carbonyl (C=O) groups excluding carboxylic acids is 2. The average molecular weight is 232 g/mol. The number of alkyl carbamates (subject to hydrolysis) is 1. The number of carbonyl (C=O) groups is 3. The highest BCUT2D eigenvalue weighted by Crippen LogP contribution is 2.06. The molecule has 0 aliphatic heterocycles. The van der Waals surface area contributed by atoms with Crippen molar-refractivity contribution in [3.05, 3.63) is 0 Å². The predicted molar refractivity (Wildman–Crippen MR) is 54.6 cm³/mol. The fourth-order valence-electron chi connectivity index (χ4n) is 0.778. The molecule has 0 fully saturated rings. The quantitative estimate of drug-likeness (QED) is 0.622. The molecule has 2 amide bonds. The van der Waals surface area contributed by atoms with Gasteiger partial charge in [-0.25, -0.2) is 4.79 Å². The van der Waals surface area contributed by atoms with Crippen LogP contribution in [0.15, 0.2) is 0 Å². The summed E-state index contributed by atoms with van der Waals surface area (Å²) in [7, 11) is 0. The van der Waals surface area contributed by atoms with Gasteiger partial charge in [0.05, 0.1) is 12.5 Å². The number of aliphatic carboxylic acids is 1. The van der Waals surface area contributed by atoms with Crippen molar-refractivity contribution in [1.29, 1.82) is 0 Å². The number of ether oxygens (including phenoxy) is 1. The Morgan fingerprint density at radius 2 is 1.88 bits per heavy atom. The molecule has 0 aromatic carbocycles. The van der Waals surface area contributed by atoms with E-state index in [0.717, 1.165) is 0 Å². The number of carboxylic acids is 1. The fraction of sp³-hybridized carbons (Fsp3) is 0.667. The number of rotatable bonds is 3. The number of hydrogen-bond donors (Lipinski definition) is 3. The summed E-state index contributed by atoms with van der Waals surface area (Å²) in [5, 5.41) is 10.2. The van der Waals surface area contributed by atoms with Crippen molar-refractivity contribution in [2.45, 2.75) is 38.8 Å². The highest BCUT2D eigenvalue weighted by molar-refractivity contribution is 5.96. The maximum atomic E-state index is 11.2. The summed E-state index contributed by atoms with van der Waals surface area (Å²) in [6.45, 7) is 4.90. The predicted octanol–water partition coefficient (Wildman–Crippen LogP) is -0.160. The van der Waals surface area contributed by atoms with Crippen LogP contribution < -0.4 is 11.1 Å². The first-order chi connectivity index (χ1) is 7.11. The highest BCUT2D eigenvalue weighted by Gasteiger charge is 2.22. The van der Waals surface area contributed by atoms with E-state index in [4.69, 9.17) is 15.6 Å². The molecule has 0 aromatic heterocycles. The van der Waals surface area contributed by atoms with Gasteiger partial charge in [-0.1, -0.05) is 0 Å². The molecule has 7 heteroatoms. The zero-order valence-electron chi connectivity index (χ0n) is 9.44. The molecule has 92 valence electrons. The standard InChI is InChI=1S/C9H16N2O5/c1-9(2,3)16-8(15)11-7(14)5(10)4-6(12)13/h5H,4,10H2,1-3H3,(H,12,13)(H,11,14,15)/t5-/m0/s1. The smallest absolute Gasteiger partial charge is 0.414 e. The summed E-state index contributed by atoms with van der Waals surface area (Å²) in [6.07, 6.45) is -1.49. The van der Waals surface area contributed by atoms with Gasteiger partial charge >= 0.3 is 12.1 Å². The van der Waals surface area contributed by atoms with Gasteiger partial charge in [-0.05, 0) is 20.8 Å². The molecule has 0 saturated carbocycles. The zero-order chi connectivity index (χ0) is 12.9. The average Bonchev–Trinajstić information content (AvgIpc) is 1.98. The fourth-order valence-corrected chi connectivity index (χ4v) is 0.778. The van der Waals surface area contributed by atoms with E-state index in [2.05, 4.69) is 0 Å². The van der Waals surface area contributed by atoms with Crippen LogP contribution in [0.2, 0.25) is 0 Å².